The zero-order valence-corrected chi connectivity index (χ0v) is 11.9. The van der Waals surface area contributed by atoms with Gasteiger partial charge in [0.25, 0.3) is 0 Å². The third kappa shape index (κ3) is 2.46. The summed E-state index contributed by atoms with van der Waals surface area (Å²) in [4.78, 5) is 11.1. The third-order valence-corrected chi connectivity index (χ3v) is 3.57. The van der Waals surface area contributed by atoms with Crippen molar-refractivity contribution >= 4 is 16.7 Å². The number of rotatable bonds is 2. The van der Waals surface area contributed by atoms with E-state index < -0.39 is 0 Å². The number of hydrogen-bond acceptors (Lipinski definition) is 5. The topological polar surface area (TPSA) is 64.3 Å². The summed E-state index contributed by atoms with van der Waals surface area (Å²) in [5.41, 5.74) is 6.53. The Balaban J connectivity index is 2.01. The summed E-state index contributed by atoms with van der Waals surface area (Å²) in [5.74, 6) is 0.963. The number of anilines is 1. The number of nitrogens with two attached hydrogens (primary N) is 1. The third-order valence-electron chi connectivity index (χ3n) is 3.57. The molecular weight excluding hydrogens is 252 g/mol. The fourth-order valence-corrected chi connectivity index (χ4v) is 2.82. The second kappa shape index (κ2) is 5.00. The summed E-state index contributed by atoms with van der Waals surface area (Å²) in [6, 6.07) is 8.07. The van der Waals surface area contributed by atoms with Gasteiger partial charge in [-0.15, -0.1) is 0 Å². The lowest BCUT2D eigenvalue weighted by Gasteiger charge is -2.43. The Morgan fingerprint density at radius 3 is 2.95 bits per heavy atom. The number of para-hydroxylation sites is 1. The molecule has 106 valence electrons. The fraction of sp³-hybridized carbons (Fsp3) is 0.467. The largest absolute Gasteiger partial charge is 0.367 e. The monoisotopic (exact) mass is 272 g/mol. The number of morpholine rings is 1. The van der Waals surface area contributed by atoms with Crippen LogP contribution < -0.4 is 10.6 Å². The van der Waals surface area contributed by atoms with Crippen LogP contribution in [0.3, 0.4) is 0 Å². The number of hydrogen-bond donors (Lipinski definition) is 1. The standard InChI is InChI=1S/C15H20N4O/c1-15(2)9-19(8-11(7-16)20-15)14-12-5-3-4-6-13(12)17-10-18-14/h3-6,10-11H,7-9,16H2,1-2H3. The second-order valence-corrected chi connectivity index (χ2v) is 5.83. The molecule has 2 aromatic rings. The first-order chi connectivity index (χ1) is 9.59. The van der Waals surface area contributed by atoms with Crippen molar-refractivity contribution in [2.45, 2.75) is 25.6 Å². The van der Waals surface area contributed by atoms with Crippen LogP contribution in [0.2, 0.25) is 0 Å². The van der Waals surface area contributed by atoms with Crippen LogP contribution >= 0.6 is 0 Å². The number of aromatic nitrogens is 2. The molecule has 0 saturated carbocycles. The molecule has 0 bridgehead atoms. The van der Waals surface area contributed by atoms with E-state index in [1.54, 1.807) is 6.33 Å². The SMILES string of the molecule is CC1(C)CN(c2ncnc3ccccc23)CC(CN)O1. The van der Waals surface area contributed by atoms with Crippen molar-refractivity contribution in [1.82, 2.24) is 9.97 Å². The van der Waals surface area contributed by atoms with Crippen molar-refractivity contribution in [3.63, 3.8) is 0 Å². The summed E-state index contributed by atoms with van der Waals surface area (Å²) < 4.78 is 5.98. The highest BCUT2D eigenvalue weighted by atomic mass is 16.5. The van der Waals surface area contributed by atoms with Crippen LogP contribution in [0.4, 0.5) is 5.82 Å². The molecule has 1 aromatic heterocycles. The van der Waals surface area contributed by atoms with Gasteiger partial charge in [-0.1, -0.05) is 12.1 Å². The minimum Gasteiger partial charge on any atom is -0.367 e. The first kappa shape index (κ1) is 13.3. The van der Waals surface area contributed by atoms with E-state index in [0.29, 0.717) is 6.54 Å². The molecule has 1 saturated heterocycles. The minimum atomic E-state index is -0.228. The van der Waals surface area contributed by atoms with E-state index in [1.807, 2.05) is 18.2 Å². The quantitative estimate of drug-likeness (QED) is 0.899. The van der Waals surface area contributed by atoms with Gasteiger partial charge < -0.3 is 15.4 Å². The molecule has 1 aliphatic heterocycles. The highest BCUT2D eigenvalue weighted by Gasteiger charge is 2.33. The highest BCUT2D eigenvalue weighted by molar-refractivity contribution is 5.89. The normalized spacial score (nSPS) is 22.1. The Bertz CT molecular complexity index is 608. The Hall–Kier alpha value is -1.72. The molecule has 1 fully saturated rings. The van der Waals surface area contributed by atoms with Crippen LogP contribution in [0.15, 0.2) is 30.6 Å². The maximum Gasteiger partial charge on any atom is 0.140 e. The summed E-state index contributed by atoms with van der Waals surface area (Å²) in [7, 11) is 0. The van der Waals surface area contributed by atoms with E-state index in [9.17, 15) is 0 Å². The molecule has 2 heterocycles. The van der Waals surface area contributed by atoms with E-state index >= 15 is 0 Å². The van der Waals surface area contributed by atoms with E-state index in [-0.39, 0.29) is 11.7 Å². The van der Waals surface area contributed by atoms with Crippen molar-refractivity contribution < 1.29 is 4.74 Å². The molecule has 5 heteroatoms. The van der Waals surface area contributed by atoms with Crippen LogP contribution in [-0.2, 0) is 4.74 Å². The van der Waals surface area contributed by atoms with E-state index in [2.05, 4.69) is 34.8 Å². The van der Waals surface area contributed by atoms with Crippen molar-refractivity contribution in [2.75, 3.05) is 24.5 Å². The van der Waals surface area contributed by atoms with Gasteiger partial charge in [-0.25, -0.2) is 9.97 Å². The van der Waals surface area contributed by atoms with Crippen molar-refractivity contribution in [1.29, 1.82) is 0 Å². The number of ether oxygens (including phenoxy) is 1. The van der Waals surface area contributed by atoms with E-state index in [4.69, 9.17) is 10.5 Å². The molecule has 0 radical (unpaired) electrons. The minimum absolute atomic E-state index is 0.0347. The van der Waals surface area contributed by atoms with Crippen LogP contribution in [0.5, 0.6) is 0 Å². The Kier molecular flexibility index (Phi) is 3.31. The van der Waals surface area contributed by atoms with Crippen molar-refractivity contribution in [2.24, 2.45) is 5.73 Å². The molecule has 5 nitrogen and oxygen atoms in total. The lowest BCUT2D eigenvalue weighted by atomic mass is 10.0. The van der Waals surface area contributed by atoms with Gasteiger partial charge in [-0.05, 0) is 26.0 Å². The summed E-state index contributed by atoms with van der Waals surface area (Å²) in [5, 5.41) is 1.07. The predicted molar refractivity (Wildman–Crippen MR) is 79.8 cm³/mol. The Morgan fingerprint density at radius 2 is 2.15 bits per heavy atom. The number of nitrogens with zero attached hydrogens (tertiary/aromatic N) is 3. The van der Waals surface area contributed by atoms with Gasteiger partial charge >= 0.3 is 0 Å². The lowest BCUT2D eigenvalue weighted by molar-refractivity contribution is -0.0789. The highest BCUT2D eigenvalue weighted by Crippen LogP contribution is 2.28. The molecular formula is C15H20N4O. The maximum atomic E-state index is 5.98. The van der Waals surface area contributed by atoms with Gasteiger partial charge in [-0.2, -0.15) is 0 Å². The molecule has 0 aliphatic carbocycles. The fourth-order valence-electron chi connectivity index (χ4n) is 2.82. The van der Waals surface area contributed by atoms with Gasteiger partial charge in [0.1, 0.15) is 12.1 Å². The molecule has 0 spiro atoms. The lowest BCUT2D eigenvalue weighted by Crippen LogP contribution is -2.55. The van der Waals surface area contributed by atoms with Crippen LogP contribution in [0.25, 0.3) is 10.9 Å². The van der Waals surface area contributed by atoms with Crippen LogP contribution in [-0.4, -0.2) is 41.3 Å². The summed E-state index contributed by atoms with van der Waals surface area (Å²) >= 11 is 0. The predicted octanol–water partition coefficient (Wildman–Crippen LogP) is 1.57. The molecule has 0 amide bonds. The number of benzene rings is 1. The molecule has 1 unspecified atom stereocenters. The average Bonchev–Trinajstić information content (AvgIpc) is 2.45. The molecule has 3 rings (SSSR count). The summed E-state index contributed by atoms with van der Waals surface area (Å²) in [6.07, 6.45) is 1.66. The van der Waals surface area contributed by atoms with Gasteiger partial charge in [-0.3, -0.25) is 0 Å². The van der Waals surface area contributed by atoms with E-state index in [1.165, 1.54) is 0 Å². The van der Waals surface area contributed by atoms with Crippen molar-refractivity contribution in [3.05, 3.63) is 30.6 Å². The summed E-state index contributed by atoms with van der Waals surface area (Å²) in [6.45, 7) is 6.25. The first-order valence-electron chi connectivity index (χ1n) is 6.92. The smallest absolute Gasteiger partial charge is 0.140 e. The Labute approximate surface area is 118 Å². The molecule has 1 aromatic carbocycles. The van der Waals surface area contributed by atoms with Gasteiger partial charge in [0.15, 0.2) is 0 Å². The van der Waals surface area contributed by atoms with E-state index in [0.717, 1.165) is 29.8 Å². The van der Waals surface area contributed by atoms with Gasteiger partial charge in [0.05, 0.1) is 17.2 Å². The zero-order valence-electron chi connectivity index (χ0n) is 11.9. The van der Waals surface area contributed by atoms with Gasteiger partial charge in [0.2, 0.25) is 0 Å². The van der Waals surface area contributed by atoms with Crippen LogP contribution in [0, 0.1) is 0 Å². The molecule has 1 atom stereocenters. The molecule has 20 heavy (non-hydrogen) atoms. The van der Waals surface area contributed by atoms with Gasteiger partial charge in [0, 0.05) is 25.0 Å². The van der Waals surface area contributed by atoms with Crippen molar-refractivity contribution in [3.8, 4) is 0 Å². The number of fused-ring (bicyclic) bond motifs is 1. The molecule has 2 N–H and O–H groups in total. The maximum absolute atomic E-state index is 5.98. The molecule has 1 aliphatic rings. The second-order valence-electron chi connectivity index (χ2n) is 5.83. The Morgan fingerprint density at radius 1 is 1.35 bits per heavy atom. The first-order valence-corrected chi connectivity index (χ1v) is 6.92. The zero-order chi connectivity index (χ0) is 14.2. The van der Waals surface area contributed by atoms with Crippen LogP contribution in [0.1, 0.15) is 13.8 Å². The average molecular weight is 272 g/mol.